The lowest BCUT2D eigenvalue weighted by Crippen LogP contribution is -2.19. The van der Waals surface area contributed by atoms with Gasteiger partial charge in [-0.2, -0.15) is 10.4 Å². The molecule has 0 saturated carbocycles. The van der Waals surface area contributed by atoms with Crippen molar-refractivity contribution in [1.82, 2.24) is 5.43 Å². The van der Waals surface area contributed by atoms with Crippen molar-refractivity contribution >= 4 is 57.9 Å². The van der Waals surface area contributed by atoms with Crippen molar-refractivity contribution in [3.63, 3.8) is 0 Å². The van der Waals surface area contributed by atoms with Crippen molar-refractivity contribution in [2.45, 2.75) is 13.5 Å². The fourth-order valence-corrected chi connectivity index (χ4v) is 4.09. The van der Waals surface area contributed by atoms with Gasteiger partial charge in [-0.3, -0.25) is 4.79 Å². The molecule has 0 saturated heterocycles. The summed E-state index contributed by atoms with van der Waals surface area (Å²) in [5.74, 6) is -0.514. The highest BCUT2D eigenvalue weighted by Gasteiger charge is 2.14. The van der Waals surface area contributed by atoms with E-state index in [2.05, 4.69) is 33.1 Å². The van der Waals surface area contributed by atoms with Crippen LogP contribution in [0, 0.1) is 20.7 Å². The summed E-state index contributed by atoms with van der Waals surface area (Å²) in [7, 11) is 0. The Hall–Kier alpha value is -2.87. The molecule has 0 bridgehead atoms. The molecule has 0 fully saturated rings. The van der Waals surface area contributed by atoms with Gasteiger partial charge in [-0.1, -0.05) is 29.3 Å². The van der Waals surface area contributed by atoms with Crippen LogP contribution in [-0.2, 0) is 6.61 Å². The summed E-state index contributed by atoms with van der Waals surface area (Å²) in [6, 6.07) is 14.1. The molecular formula is C24H17Cl2FIN3O3. The Bertz CT molecular complexity index is 1300. The van der Waals surface area contributed by atoms with E-state index in [9.17, 15) is 9.18 Å². The molecule has 0 aliphatic carbocycles. The second-order valence-corrected chi connectivity index (χ2v) is 8.80. The van der Waals surface area contributed by atoms with Crippen LogP contribution in [0.3, 0.4) is 0 Å². The molecule has 0 unspecified atom stereocenters. The van der Waals surface area contributed by atoms with E-state index >= 15 is 0 Å². The predicted molar refractivity (Wildman–Crippen MR) is 137 cm³/mol. The predicted octanol–water partition coefficient (Wildman–Crippen LogP) is 6.35. The Balaban J connectivity index is 1.74. The van der Waals surface area contributed by atoms with Gasteiger partial charge >= 0.3 is 0 Å². The summed E-state index contributed by atoms with van der Waals surface area (Å²) in [6.07, 6.45) is 1.41. The number of rotatable bonds is 8. The normalized spacial score (nSPS) is 10.7. The number of hydrazone groups is 1. The number of carbonyl (C=O) groups excluding carboxylic acids is 1. The van der Waals surface area contributed by atoms with Gasteiger partial charge < -0.3 is 9.47 Å². The first kappa shape index (κ1) is 25.7. The maximum Gasteiger partial charge on any atom is 0.274 e. The first-order chi connectivity index (χ1) is 16.3. The van der Waals surface area contributed by atoms with Gasteiger partial charge in [-0.15, -0.1) is 0 Å². The lowest BCUT2D eigenvalue weighted by Gasteiger charge is -2.15. The van der Waals surface area contributed by atoms with E-state index in [4.69, 9.17) is 37.9 Å². The molecule has 3 rings (SSSR count). The van der Waals surface area contributed by atoms with Crippen LogP contribution in [0.5, 0.6) is 11.5 Å². The number of amides is 1. The molecular weight excluding hydrogens is 595 g/mol. The topological polar surface area (TPSA) is 83.7 Å². The van der Waals surface area contributed by atoms with Crippen molar-refractivity contribution < 1.29 is 18.7 Å². The highest BCUT2D eigenvalue weighted by Crippen LogP contribution is 2.35. The van der Waals surface area contributed by atoms with E-state index in [-0.39, 0.29) is 17.7 Å². The minimum atomic E-state index is -0.803. The molecule has 0 aromatic heterocycles. The Morgan fingerprint density at radius 1 is 1.21 bits per heavy atom. The Morgan fingerprint density at radius 2 is 2.00 bits per heavy atom. The lowest BCUT2D eigenvalue weighted by molar-refractivity contribution is 0.0951. The number of halogens is 4. The van der Waals surface area contributed by atoms with Crippen LogP contribution in [0.4, 0.5) is 4.39 Å². The average Bonchev–Trinajstić information content (AvgIpc) is 2.79. The maximum absolute atomic E-state index is 14.0. The van der Waals surface area contributed by atoms with Gasteiger partial charge in [-0.25, -0.2) is 9.82 Å². The van der Waals surface area contributed by atoms with Crippen molar-refractivity contribution in [2.24, 2.45) is 5.10 Å². The third-order valence-corrected chi connectivity index (χ3v) is 5.83. The number of carbonyl (C=O) groups is 1. The third kappa shape index (κ3) is 6.59. The third-order valence-electron chi connectivity index (χ3n) is 4.44. The lowest BCUT2D eigenvalue weighted by atomic mass is 10.1. The molecule has 6 nitrogen and oxygen atoms in total. The van der Waals surface area contributed by atoms with E-state index < -0.39 is 11.7 Å². The van der Waals surface area contributed by atoms with Gasteiger partial charge in [0.1, 0.15) is 12.4 Å². The van der Waals surface area contributed by atoms with Crippen molar-refractivity contribution in [2.75, 3.05) is 6.61 Å². The molecule has 0 spiro atoms. The fraction of sp³-hybridized carbons (Fsp3) is 0.125. The largest absolute Gasteiger partial charge is 0.490 e. The molecule has 10 heteroatoms. The summed E-state index contributed by atoms with van der Waals surface area (Å²) in [5.41, 5.74) is 3.58. The van der Waals surface area contributed by atoms with Crippen molar-refractivity contribution in [1.29, 1.82) is 5.26 Å². The first-order valence-electron chi connectivity index (χ1n) is 9.88. The second kappa shape index (κ2) is 12.0. The summed E-state index contributed by atoms with van der Waals surface area (Å²) < 4.78 is 26.4. The van der Waals surface area contributed by atoms with Crippen molar-refractivity contribution in [3.05, 3.63) is 90.2 Å². The van der Waals surface area contributed by atoms with Gasteiger partial charge in [0.15, 0.2) is 11.5 Å². The summed E-state index contributed by atoms with van der Waals surface area (Å²) in [6.45, 7) is 2.47. The minimum Gasteiger partial charge on any atom is -0.490 e. The quantitative estimate of drug-likeness (QED) is 0.183. The Labute approximate surface area is 219 Å². The number of benzene rings is 3. The highest BCUT2D eigenvalue weighted by molar-refractivity contribution is 14.1. The Kier molecular flexibility index (Phi) is 9.10. The monoisotopic (exact) mass is 611 g/mol. The zero-order valence-corrected chi connectivity index (χ0v) is 21.4. The number of nitrogens with zero attached hydrogens (tertiary/aromatic N) is 2. The molecule has 0 heterocycles. The zero-order chi connectivity index (χ0) is 24.7. The van der Waals surface area contributed by atoms with Crippen LogP contribution in [0.1, 0.15) is 34.0 Å². The molecule has 0 atom stereocenters. The van der Waals surface area contributed by atoms with Gasteiger partial charge in [0.2, 0.25) is 0 Å². The molecule has 3 aromatic rings. The molecule has 0 radical (unpaired) electrons. The number of hydrogen-bond donors (Lipinski definition) is 1. The fourth-order valence-electron chi connectivity index (χ4n) is 2.85. The molecule has 1 N–H and O–H groups in total. The minimum absolute atomic E-state index is 0.122. The van der Waals surface area contributed by atoms with Gasteiger partial charge in [0.25, 0.3) is 5.91 Å². The van der Waals surface area contributed by atoms with Crippen LogP contribution < -0.4 is 14.9 Å². The van der Waals surface area contributed by atoms with E-state index in [1.54, 1.807) is 30.3 Å². The Morgan fingerprint density at radius 3 is 2.68 bits per heavy atom. The number of hydrogen-bond acceptors (Lipinski definition) is 5. The summed E-state index contributed by atoms with van der Waals surface area (Å²) >= 11 is 14.3. The SMILES string of the molecule is CCOc1cc(/C=N\NC(=O)c2ccc(C#N)cc2F)cc(I)c1OCc1ccc(Cl)cc1Cl. The van der Waals surface area contributed by atoms with E-state index in [1.807, 2.05) is 13.0 Å². The van der Waals surface area contributed by atoms with Gasteiger partial charge in [-0.05, 0) is 77.5 Å². The van der Waals surface area contributed by atoms with Crippen LogP contribution in [0.15, 0.2) is 53.6 Å². The first-order valence-corrected chi connectivity index (χ1v) is 11.7. The van der Waals surface area contributed by atoms with E-state index in [1.165, 1.54) is 18.3 Å². The smallest absolute Gasteiger partial charge is 0.274 e. The van der Waals surface area contributed by atoms with Crippen molar-refractivity contribution in [3.8, 4) is 17.6 Å². The van der Waals surface area contributed by atoms with Gasteiger partial charge in [0.05, 0.1) is 33.6 Å². The second-order valence-electron chi connectivity index (χ2n) is 6.79. The number of ether oxygens (including phenoxy) is 2. The molecule has 0 aliphatic rings. The summed E-state index contributed by atoms with van der Waals surface area (Å²) in [5, 5.41) is 13.7. The van der Waals surface area contributed by atoms with Gasteiger partial charge in [0, 0.05) is 15.6 Å². The standard InChI is InChI=1S/C24H17Cl2FIN3O3/c1-2-33-22-9-15(12-30-31-24(32)18-6-3-14(11-29)7-20(18)27)8-21(28)23(22)34-13-16-4-5-17(25)10-19(16)26/h3-10,12H,2,13H2,1H3,(H,31,32)/b30-12-. The molecule has 3 aromatic carbocycles. The molecule has 174 valence electrons. The van der Waals surface area contributed by atoms with E-state index in [0.29, 0.717) is 33.7 Å². The van der Waals surface area contributed by atoms with Crippen LogP contribution >= 0.6 is 45.8 Å². The highest BCUT2D eigenvalue weighted by atomic mass is 127. The van der Waals surface area contributed by atoms with Crippen LogP contribution in [0.25, 0.3) is 0 Å². The molecule has 1 amide bonds. The molecule has 34 heavy (non-hydrogen) atoms. The number of nitrogens with one attached hydrogen (secondary N) is 1. The summed E-state index contributed by atoms with van der Waals surface area (Å²) in [4.78, 5) is 12.2. The van der Waals surface area contributed by atoms with Crippen LogP contribution in [-0.4, -0.2) is 18.7 Å². The van der Waals surface area contributed by atoms with Crippen LogP contribution in [0.2, 0.25) is 10.0 Å². The average molecular weight is 612 g/mol. The van der Waals surface area contributed by atoms with E-state index in [0.717, 1.165) is 15.2 Å². The number of nitriles is 1. The zero-order valence-electron chi connectivity index (χ0n) is 17.7. The molecule has 0 aliphatic heterocycles. The maximum atomic E-state index is 14.0.